The predicted molar refractivity (Wildman–Crippen MR) is 54.0 cm³/mol. The molecule has 80 valence electrons. The van der Waals surface area contributed by atoms with Crippen molar-refractivity contribution < 1.29 is 14.3 Å². The van der Waals surface area contributed by atoms with E-state index in [1.54, 1.807) is 20.8 Å². The first-order valence-electron chi connectivity index (χ1n) is 4.68. The van der Waals surface area contributed by atoms with Gasteiger partial charge in [0.15, 0.2) is 13.1 Å². The molecule has 4 nitrogen and oxygen atoms in total. The molecule has 0 aromatic heterocycles. The molecule has 0 fully saturated rings. The lowest BCUT2D eigenvalue weighted by Crippen LogP contribution is -2.30. The lowest BCUT2D eigenvalue weighted by molar-refractivity contribution is -0.547. The molecule has 14 heavy (non-hydrogen) atoms. The van der Waals surface area contributed by atoms with Crippen molar-refractivity contribution in [3.63, 3.8) is 0 Å². The van der Waals surface area contributed by atoms with Gasteiger partial charge in [-0.1, -0.05) is 6.58 Å². The first-order chi connectivity index (χ1) is 6.41. The van der Waals surface area contributed by atoms with Crippen molar-refractivity contribution in [1.82, 2.24) is 0 Å². The topological polar surface area (TPSA) is 46.4 Å². The quantitative estimate of drug-likeness (QED) is 0.372. The molecule has 0 aliphatic heterocycles. The average molecular weight is 200 g/mol. The third-order valence-electron chi connectivity index (χ3n) is 1.86. The van der Waals surface area contributed by atoms with Gasteiger partial charge in [0.1, 0.15) is 5.60 Å². The summed E-state index contributed by atoms with van der Waals surface area (Å²) in [6, 6.07) is 0. The van der Waals surface area contributed by atoms with Crippen LogP contribution in [0.2, 0.25) is 0 Å². The number of carbonyl (C=O) groups excluding carboxylic acids is 1. The van der Waals surface area contributed by atoms with Gasteiger partial charge in [-0.15, -0.1) is 0 Å². The minimum atomic E-state index is -0.608. The summed E-state index contributed by atoms with van der Waals surface area (Å²) >= 11 is 0. The largest absolute Gasteiger partial charge is 0.456 e. The molecule has 0 bridgehead atoms. The van der Waals surface area contributed by atoms with Gasteiger partial charge in [-0.3, -0.25) is 0 Å². The molecular weight excluding hydrogens is 182 g/mol. The molecule has 0 radical (unpaired) electrons. The van der Waals surface area contributed by atoms with Crippen LogP contribution in [0, 0.1) is 4.91 Å². The lowest BCUT2D eigenvalue weighted by Gasteiger charge is -2.22. The Hall–Kier alpha value is -1.19. The van der Waals surface area contributed by atoms with Crippen LogP contribution in [-0.2, 0) is 9.53 Å². The average Bonchev–Trinajstić information content (AvgIpc) is 2.13. The molecule has 0 aromatic carbocycles. The van der Waals surface area contributed by atoms with Crippen LogP contribution in [0.1, 0.15) is 27.2 Å². The molecule has 0 aliphatic carbocycles. The van der Waals surface area contributed by atoms with Crippen molar-refractivity contribution in [2.24, 2.45) is 0 Å². The summed E-state index contributed by atoms with van der Waals surface area (Å²) in [7, 11) is 0. The number of hydrogen-bond acceptors (Lipinski definition) is 3. The van der Waals surface area contributed by atoms with Crippen molar-refractivity contribution in [1.29, 1.82) is 0 Å². The summed E-state index contributed by atoms with van der Waals surface area (Å²) in [5, 5.41) is 0. The second-order valence-electron chi connectivity index (χ2n) is 3.66. The Bertz CT molecular complexity index is 234. The fraction of sp³-hybridized carbons (Fsp3) is 0.700. The fourth-order valence-electron chi connectivity index (χ4n) is 0.917. The summed E-state index contributed by atoms with van der Waals surface area (Å²) in [6.45, 7) is 9.47. The smallest absolute Gasteiger partial charge is 0.330 e. The number of rotatable bonds is 6. The Kier molecular flexibility index (Phi) is 5.05. The molecule has 0 saturated carbocycles. The summed E-state index contributed by atoms with van der Waals surface area (Å²) < 4.78 is 5.99. The summed E-state index contributed by atoms with van der Waals surface area (Å²) in [5.74, 6) is -0.455. The number of nitroso groups, excluding NO2 is 1. The van der Waals surface area contributed by atoms with Gasteiger partial charge in [0.05, 0.1) is 6.42 Å². The van der Waals surface area contributed by atoms with E-state index in [9.17, 15) is 9.70 Å². The third-order valence-corrected chi connectivity index (χ3v) is 1.86. The maximum atomic E-state index is 11.0. The zero-order valence-corrected chi connectivity index (χ0v) is 9.08. The molecule has 0 unspecified atom stereocenters. The molecular formula is C10H18NO3+. The van der Waals surface area contributed by atoms with Crippen LogP contribution in [0.15, 0.2) is 12.7 Å². The van der Waals surface area contributed by atoms with Crippen LogP contribution < -0.4 is 0 Å². The van der Waals surface area contributed by atoms with E-state index < -0.39 is 11.6 Å². The second kappa shape index (κ2) is 5.52. The SMILES string of the molecule is C=CC(=O)OC(C)(C)CC[N+](=O)CC. The zero-order chi connectivity index (χ0) is 11.2. The highest BCUT2D eigenvalue weighted by Crippen LogP contribution is 2.14. The number of carbonyl (C=O) groups is 1. The van der Waals surface area contributed by atoms with Gasteiger partial charge in [0.2, 0.25) is 0 Å². The van der Waals surface area contributed by atoms with Crippen LogP contribution in [0.3, 0.4) is 0 Å². The van der Waals surface area contributed by atoms with Crippen LogP contribution in [0.25, 0.3) is 0 Å². The molecule has 0 saturated heterocycles. The van der Waals surface area contributed by atoms with Crippen LogP contribution >= 0.6 is 0 Å². The van der Waals surface area contributed by atoms with E-state index in [0.717, 1.165) is 10.8 Å². The van der Waals surface area contributed by atoms with Crippen LogP contribution in [-0.4, -0.2) is 29.4 Å². The molecule has 4 heteroatoms. The van der Waals surface area contributed by atoms with Crippen molar-refractivity contribution in [2.45, 2.75) is 32.8 Å². The normalized spacial score (nSPS) is 10.8. The molecule has 0 amide bonds. The van der Waals surface area contributed by atoms with Gasteiger partial charge >= 0.3 is 5.97 Å². The fourth-order valence-corrected chi connectivity index (χ4v) is 0.917. The zero-order valence-electron chi connectivity index (χ0n) is 9.08. The van der Waals surface area contributed by atoms with E-state index >= 15 is 0 Å². The summed E-state index contributed by atoms with van der Waals surface area (Å²) in [5.41, 5.74) is -0.608. The Morgan fingerprint density at radius 2 is 2.14 bits per heavy atom. The van der Waals surface area contributed by atoms with Crippen molar-refractivity contribution in [3.8, 4) is 0 Å². The van der Waals surface area contributed by atoms with Gasteiger partial charge in [-0.25, -0.2) is 4.79 Å². The molecule has 0 aliphatic rings. The van der Waals surface area contributed by atoms with E-state index in [4.69, 9.17) is 4.74 Å². The molecule has 0 heterocycles. The summed E-state index contributed by atoms with van der Waals surface area (Å²) in [4.78, 5) is 21.9. The minimum absolute atomic E-state index is 0.369. The monoisotopic (exact) mass is 200 g/mol. The highest BCUT2D eigenvalue weighted by molar-refractivity contribution is 5.81. The first-order valence-corrected chi connectivity index (χ1v) is 4.68. The Labute approximate surface area is 84.5 Å². The van der Waals surface area contributed by atoms with E-state index in [0.29, 0.717) is 19.5 Å². The predicted octanol–water partition coefficient (Wildman–Crippen LogP) is 1.68. The van der Waals surface area contributed by atoms with E-state index in [-0.39, 0.29) is 0 Å². The highest BCUT2D eigenvalue weighted by Gasteiger charge is 2.24. The van der Waals surface area contributed by atoms with Crippen molar-refractivity contribution in [3.05, 3.63) is 17.6 Å². The van der Waals surface area contributed by atoms with Gasteiger partial charge in [0, 0.05) is 11.0 Å². The molecule has 0 aromatic rings. The number of hydrogen-bond donors (Lipinski definition) is 0. The van der Waals surface area contributed by atoms with E-state index in [2.05, 4.69) is 6.58 Å². The van der Waals surface area contributed by atoms with Crippen molar-refractivity contribution in [2.75, 3.05) is 13.1 Å². The third kappa shape index (κ3) is 5.45. The number of nitrogens with zero attached hydrogens (tertiary/aromatic N) is 1. The Morgan fingerprint density at radius 1 is 1.57 bits per heavy atom. The van der Waals surface area contributed by atoms with E-state index in [1.165, 1.54) is 0 Å². The number of esters is 1. The molecule has 0 rings (SSSR count). The first kappa shape index (κ1) is 12.8. The molecule has 0 spiro atoms. The van der Waals surface area contributed by atoms with Gasteiger partial charge in [0.25, 0.3) is 0 Å². The van der Waals surface area contributed by atoms with E-state index in [1.807, 2.05) is 0 Å². The van der Waals surface area contributed by atoms with Gasteiger partial charge in [-0.2, -0.15) is 0 Å². The standard InChI is InChI=1S/C10H18NO3/c1-5-9(12)14-10(3,4)7-8-11(13)6-2/h5H,1,6-8H2,2-4H3/q+1. The van der Waals surface area contributed by atoms with Crippen LogP contribution in [0.4, 0.5) is 0 Å². The lowest BCUT2D eigenvalue weighted by atomic mass is 10.1. The molecule has 0 atom stereocenters. The van der Waals surface area contributed by atoms with Crippen LogP contribution in [0.5, 0.6) is 0 Å². The Morgan fingerprint density at radius 3 is 2.57 bits per heavy atom. The minimum Gasteiger partial charge on any atom is -0.456 e. The maximum Gasteiger partial charge on any atom is 0.330 e. The van der Waals surface area contributed by atoms with Gasteiger partial charge in [-0.05, 0) is 25.5 Å². The van der Waals surface area contributed by atoms with Crippen molar-refractivity contribution >= 4 is 5.97 Å². The Balaban J connectivity index is 4.00. The molecule has 0 N–H and O–H groups in total. The summed E-state index contributed by atoms with van der Waals surface area (Å²) in [6.07, 6.45) is 1.64. The van der Waals surface area contributed by atoms with Gasteiger partial charge < -0.3 is 4.74 Å². The second-order valence-corrected chi connectivity index (χ2v) is 3.66. The maximum absolute atomic E-state index is 11.0. The number of ether oxygens (including phenoxy) is 1. The highest BCUT2D eigenvalue weighted by atomic mass is 16.6.